The van der Waals surface area contributed by atoms with Crippen LogP contribution >= 0.6 is 24.0 Å². The Morgan fingerprint density at radius 1 is 1.05 bits per heavy atom. The van der Waals surface area contributed by atoms with Gasteiger partial charge in [0.25, 0.3) is 0 Å². The second-order valence-corrected chi connectivity index (χ2v) is 4.35. The van der Waals surface area contributed by atoms with Crippen LogP contribution in [0.15, 0.2) is 36.4 Å². The Labute approximate surface area is 125 Å². The van der Waals surface area contributed by atoms with Crippen molar-refractivity contribution in [2.75, 3.05) is 0 Å². The maximum Gasteiger partial charge on any atom is 0.352 e. The SMILES string of the molecule is Cl.O=C(O)c1ccc(-c2ccc3nc(Cl)ccc3n2)[nH]1. The molecule has 0 amide bonds. The van der Waals surface area contributed by atoms with E-state index in [9.17, 15) is 4.79 Å². The molecule has 0 saturated carbocycles. The predicted octanol–water partition coefficient (Wildman–Crippen LogP) is 3.40. The molecule has 7 heteroatoms. The Hall–Kier alpha value is -2.11. The van der Waals surface area contributed by atoms with Gasteiger partial charge in [0.2, 0.25) is 0 Å². The molecule has 0 saturated heterocycles. The minimum Gasteiger partial charge on any atom is -0.477 e. The highest BCUT2D eigenvalue weighted by atomic mass is 35.5. The van der Waals surface area contributed by atoms with E-state index in [1.807, 2.05) is 0 Å². The van der Waals surface area contributed by atoms with Crippen molar-refractivity contribution in [3.63, 3.8) is 0 Å². The molecule has 20 heavy (non-hydrogen) atoms. The van der Waals surface area contributed by atoms with Gasteiger partial charge in [0.1, 0.15) is 10.8 Å². The zero-order valence-corrected chi connectivity index (χ0v) is 11.6. The summed E-state index contributed by atoms with van der Waals surface area (Å²) in [5.41, 5.74) is 2.83. The summed E-state index contributed by atoms with van der Waals surface area (Å²) < 4.78 is 0. The van der Waals surface area contributed by atoms with Crippen molar-refractivity contribution in [2.45, 2.75) is 0 Å². The van der Waals surface area contributed by atoms with Crippen LogP contribution in [0.2, 0.25) is 5.15 Å². The number of carbonyl (C=O) groups is 1. The lowest BCUT2D eigenvalue weighted by atomic mass is 10.2. The molecular formula is C13H9Cl2N3O2. The molecule has 0 radical (unpaired) electrons. The number of nitrogens with zero attached hydrogens (tertiary/aromatic N) is 2. The summed E-state index contributed by atoms with van der Waals surface area (Å²) in [7, 11) is 0. The molecule has 5 nitrogen and oxygen atoms in total. The quantitative estimate of drug-likeness (QED) is 0.711. The van der Waals surface area contributed by atoms with Crippen LogP contribution in [0.3, 0.4) is 0 Å². The van der Waals surface area contributed by atoms with E-state index in [0.717, 1.165) is 0 Å². The van der Waals surface area contributed by atoms with Crippen LogP contribution in [0.25, 0.3) is 22.4 Å². The number of carboxylic acid groups (broad SMARTS) is 1. The van der Waals surface area contributed by atoms with E-state index in [-0.39, 0.29) is 18.1 Å². The average Bonchev–Trinajstić information content (AvgIpc) is 2.88. The summed E-state index contributed by atoms with van der Waals surface area (Å²) >= 11 is 5.80. The fourth-order valence-electron chi connectivity index (χ4n) is 1.80. The molecule has 3 heterocycles. The Morgan fingerprint density at radius 3 is 2.45 bits per heavy atom. The average molecular weight is 310 g/mol. The van der Waals surface area contributed by atoms with Gasteiger partial charge < -0.3 is 10.1 Å². The number of rotatable bonds is 2. The number of hydrogen-bond acceptors (Lipinski definition) is 3. The Kier molecular flexibility index (Phi) is 3.92. The molecule has 0 bridgehead atoms. The summed E-state index contributed by atoms with van der Waals surface area (Å²) in [5.74, 6) is -1.000. The Balaban J connectivity index is 0.00000147. The van der Waals surface area contributed by atoms with Gasteiger partial charge in [-0.15, -0.1) is 12.4 Å². The van der Waals surface area contributed by atoms with Gasteiger partial charge in [0.05, 0.1) is 22.4 Å². The first kappa shape index (κ1) is 14.3. The van der Waals surface area contributed by atoms with E-state index in [1.54, 1.807) is 30.3 Å². The molecular weight excluding hydrogens is 301 g/mol. The summed E-state index contributed by atoms with van der Waals surface area (Å²) in [6.07, 6.45) is 0. The second-order valence-electron chi connectivity index (χ2n) is 3.96. The fourth-order valence-corrected chi connectivity index (χ4v) is 1.96. The van der Waals surface area contributed by atoms with Crippen molar-refractivity contribution in [2.24, 2.45) is 0 Å². The molecule has 0 aliphatic carbocycles. The first-order valence-electron chi connectivity index (χ1n) is 5.49. The Morgan fingerprint density at radius 2 is 1.75 bits per heavy atom. The highest BCUT2D eigenvalue weighted by molar-refractivity contribution is 6.29. The molecule has 0 unspecified atom stereocenters. The number of nitrogens with one attached hydrogen (secondary N) is 1. The summed E-state index contributed by atoms with van der Waals surface area (Å²) in [4.78, 5) is 22.2. The van der Waals surface area contributed by atoms with Crippen LogP contribution in [-0.4, -0.2) is 26.0 Å². The number of H-pyrrole nitrogens is 1. The minimum absolute atomic E-state index is 0. The van der Waals surface area contributed by atoms with Crippen LogP contribution in [-0.2, 0) is 0 Å². The number of carboxylic acids is 1. The van der Waals surface area contributed by atoms with Gasteiger partial charge in [-0.05, 0) is 36.4 Å². The van der Waals surface area contributed by atoms with E-state index in [2.05, 4.69) is 15.0 Å². The molecule has 3 aromatic heterocycles. The standard InChI is InChI=1S/C13H8ClN3O2.ClH/c14-12-6-5-9-10(17-12)2-1-7(15-9)8-3-4-11(16-8)13(18)19;/h1-6,16H,(H,18,19);1H. The van der Waals surface area contributed by atoms with E-state index < -0.39 is 5.97 Å². The monoisotopic (exact) mass is 309 g/mol. The molecule has 0 aromatic carbocycles. The normalized spacial score (nSPS) is 10.2. The van der Waals surface area contributed by atoms with Crippen LogP contribution in [0.1, 0.15) is 10.5 Å². The van der Waals surface area contributed by atoms with Crippen LogP contribution < -0.4 is 0 Å². The van der Waals surface area contributed by atoms with Gasteiger partial charge in [-0.3, -0.25) is 0 Å². The molecule has 3 rings (SSSR count). The molecule has 0 aliphatic heterocycles. The molecule has 2 N–H and O–H groups in total. The van der Waals surface area contributed by atoms with Crippen molar-refractivity contribution in [1.82, 2.24) is 15.0 Å². The predicted molar refractivity (Wildman–Crippen MR) is 78.5 cm³/mol. The van der Waals surface area contributed by atoms with Crippen LogP contribution in [0, 0.1) is 0 Å². The van der Waals surface area contributed by atoms with Gasteiger partial charge in [0.15, 0.2) is 0 Å². The number of halogens is 2. The number of hydrogen-bond donors (Lipinski definition) is 2. The maximum absolute atomic E-state index is 10.8. The van der Waals surface area contributed by atoms with Crippen molar-refractivity contribution in [3.05, 3.63) is 47.2 Å². The van der Waals surface area contributed by atoms with E-state index in [1.165, 1.54) is 6.07 Å². The van der Waals surface area contributed by atoms with Crippen molar-refractivity contribution in [3.8, 4) is 11.4 Å². The highest BCUT2D eigenvalue weighted by Crippen LogP contribution is 2.20. The largest absolute Gasteiger partial charge is 0.477 e. The minimum atomic E-state index is -1.000. The molecule has 0 atom stereocenters. The molecule has 102 valence electrons. The molecule has 0 fully saturated rings. The van der Waals surface area contributed by atoms with Crippen LogP contribution in [0.5, 0.6) is 0 Å². The van der Waals surface area contributed by atoms with Gasteiger partial charge in [0, 0.05) is 0 Å². The Bertz CT molecular complexity index is 786. The van der Waals surface area contributed by atoms with E-state index >= 15 is 0 Å². The van der Waals surface area contributed by atoms with Gasteiger partial charge in [-0.1, -0.05) is 11.6 Å². The van der Waals surface area contributed by atoms with E-state index in [0.29, 0.717) is 27.6 Å². The summed E-state index contributed by atoms with van der Waals surface area (Å²) in [6.45, 7) is 0. The fraction of sp³-hybridized carbons (Fsp3) is 0. The van der Waals surface area contributed by atoms with Crippen LogP contribution in [0.4, 0.5) is 0 Å². The third-order valence-electron chi connectivity index (χ3n) is 2.70. The van der Waals surface area contributed by atoms with Crippen molar-refractivity contribution < 1.29 is 9.90 Å². The maximum atomic E-state index is 10.8. The first-order valence-corrected chi connectivity index (χ1v) is 5.87. The lowest BCUT2D eigenvalue weighted by Crippen LogP contribution is -1.96. The lowest BCUT2D eigenvalue weighted by molar-refractivity contribution is 0.0691. The second kappa shape index (κ2) is 5.48. The smallest absolute Gasteiger partial charge is 0.352 e. The lowest BCUT2D eigenvalue weighted by Gasteiger charge is -2.01. The van der Waals surface area contributed by atoms with E-state index in [4.69, 9.17) is 16.7 Å². The molecule has 3 aromatic rings. The van der Waals surface area contributed by atoms with Gasteiger partial charge >= 0.3 is 5.97 Å². The van der Waals surface area contributed by atoms with Gasteiger partial charge in [-0.2, -0.15) is 0 Å². The zero-order valence-electron chi connectivity index (χ0n) is 10.0. The number of aromatic carboxylic acids is 1. The first-order chi connectivity index (χ1) is 9.13. The van der Waals surface area contributed by atoms with Crippen molar-refractivity contribution >= 4 is 41.0 Å². The number of aromatic amines is 1. The number of fused-ring (bicyclic) bond motifs is 1. The number of pyridine rings is 2. The third-order valence-corrected chi connectivity index (χ3v) is 2.91. The summed E-state index contributed by atoms with van der Waals surface area (Å²) in [5, 5.41) is 9.28. The topological polar surface area (TPSA) is 78.9 Å². The van der Waals surface area contributed by atoms with Gasteiger partial charge in [-0.25, -0.2) is 14.8 Å². The zero-order chi connectivity index (χ0) is 13.4. The van der Waals surface area contributed by atoms with Crippen molar-refractivity contribution in [1.29, 1.82) is 0 Å². The molecule has 0 aliphatic rings. The summed E-state index contributed by atoms with van der Waals surface area (Å²) in [6, 6.07) is 10.2. The third kappa shape index (κ3) is 2.59. The molecule has 0 spiro atoms. The highest BCUT2D eigenvalue weighted by Gasteiger charge is 2.09. The number of aromatic nitrogens is 3.